The van der Waals surface area contributed by atoms with Gasteiger partial charge in [-0.25, -0.2) is 0 Å². The summed E-state index contributed by atoms with van der Waals surface area (Å²) in [5, 5.41) is 36.4. The van der Waals surface area contributed by atoms with Crippen LogP contribution in [0.3, 0.4) is 0 Å². The van der Waals surface area contributed by atoms with E-state index in [2.05, 4.69) is 12.1 Å². The van der Waals surface area contributed by atoms with Crippen LogP contribution in [-0.4, -0.2) is 0 Å². The number of benzene rings is 3. The van der Waals surface area contributed by atoms with Crippen molar-refractivity contribution in [2.24, 2.45) is 0 Å². The second kappa shape index (κ2) is 8.50. The average Bonchev–Trinajstić information content (AvgIpc) is 2.68. The van der Waals surface area contributed by atoms with E-state index in [1.807, 2.05) is 42.5 Å². The number of nitriles is 4. The molecule has 3 aromatic rings. The van der Waals surface area contributed by atoms with Crippen molar-refractivity contribution < 1.29 is 0 Å². The van der Waals surface area contributed by atoms with Gasteiger partial charge in [0.1, 0.15) is 0 Å². The molecule has 3 aromatic carbocycles. The quantitative estimate of drug-likeness (QED) is 0.671. The second-order valence-corrected chi connectivity index (χ2v) is 5.03. The minimum atomic E-state index is 0.309. The summed E-state index contributed by atoms with van der Waals surface area (Å²) < 4.78 is 0. The molecule has 0 heterocycles. The van der Waals surface area contributed by atoms with Crippen LogP contribution in [0.5, 0.6) is 0 Å². The fourth-order valence-electron chi connectivity index (χ4n) is 2.36. The summed E-state index contributed by atoms with van der Waals surface area (Å²) in [5.74, 6) is 0. The van der Waals surface area contributed by atoms with Crippen molar-refractivity contribution >= 4 is 10.8 Å². The van der Waals surface area contributed by atoms with Gasteiger partial charge in [-0.1, -0.05) is 42.5 Å². The highest BCUT2D eigenvalue weighted by molar-refractivity contribution is 5.92. The fourth-order valence-corrected chi connectivity index (χ4v) is 2.36. The smallest absolute Gasteiger partial charge is 0.0998 e. The van der Waals surface area contributed by atoms with Crippen molar-refractivity contribution in [3.63, 3.8) is 0 Å². The van der Waals surface area contributed by atoms with Crippen LogP contribution in [0.25, 0.3) is 10.8 Å². The Labute approximate surface area is 146 Å². The first kappa shape index (κ1) is 17.2. The maximum Gasteiger partial charge on any atom is 0.0998 e. The lowest BCUT2D eigenvalue weighted by atomic mass is 10.0. The molecule has 0 fully saturated rings. The Kier molecular flexibility index (Phi) is 5.86. The van der Waals surface area contributed by atoms with E-state index in [9.17, 15) is 0 Å². The molecule has 0 aliphatic heterocycles. The van der Waals surface area contributed by atoms with Crippen molar-refractivity contribution in [1.29, 1.82) is 21.0 Å². The summed E-state index contributed by atoms with van der Waals surface area (Å²) in [7, 11) is 0. The Morgan fingerprint density at radius 3 is 1.52 bits per heavy atom. The molecular formula is C21H12N4. The molecule has 0 atom stereocenters. The lowest BCUT2D eigenvalue weighted by Gasteiger charge is -2.00. The van der Waals surface area contributed by atoms with Crippen LogP contribution in [0.4, 0.5) is 0 Å². The van der Waals surface area contributed by atoms with Crippen LogP contribution in [0.15, 0.2) is 60.7 Å². The molecular weight excluding hydrogens is 308 g/mol. The predicted molar refractivity (Wildman–Crippen MR) is 93.9 cm³/mol. The molecule has 0 aliphatic rings. The zero-order valence-corrected chi connectivity index (χ0v) is 13.3. The molecule has 4 heteroatoms. The standard InChI is InChI=1S/C12H6N2.C9H6N2/c13-7-9-5-6-10(8-14)12-4-2-1-3-11(9)12;10-6-5-8-3-1-2-4-9(8)7-11/h1-6H;1-4H,5H2. The Bertz CT molecular complexity index is 1020. The number of hydrogen-bond acceptors (Lipinski definition) is 4. The maximum absolute atomic E-state index is 8.87. The summed E-state index contributed by atoms with van der Waals surface area (Å²) in [4.78, 5) is 0. The highest BCUT2D eigenvalue weighted by atomic mass is 14.3. The number of nitrogens with zero attached hydrogens (tertiary/aromatic N) is 4. The van der Waals surface area contributed by atoms with E-state index in [4.69, 9.17) is 21.0 Å². The van der Waals surface area contributed by atoms with E-state index < -0.39 is 0 Å². The monoisotopic (exact) mass is 320 g/mol. The summed E-state index contributed by atoms with van der Waals surface area (Å²) in [6.07, 6.45) is 0.309. The minimum Gasteiger partial charge on any atom is -0.198 e. The van der Waals surface area contributed by atoms with Gasteiger partial charge in [0.2, 0.25) is 0 Å². The van der Waals surface area contributed by atoms with Crippen molar-refractivity contribution in [1.82, 2.24) is 0 Å². The summed E-state index contributed by atoms with van der Waals surface area (Å²) >= 11 is 0. The molecule has 0 radical (unpaired) electrons. The molecule has 0 saturated heterocycles. The van der Waals surface area contributed by atoms with Crippen LogP contribution in [0.2, 0.25) is 0 Å². The molecule has 0 bridgehead atoms. The van der Waals surface area contributed by atoms with Gasteiger partial charge in [-0.2, -0.15) is 21.0 Å². The zero-order valence-electron chi connectivity index (χ0n) is 13.3. The largest absolute Gasteiger partial charge is 0.198 e. The highest BCUT2D eigenvalue weighted by Crippen LogP contribution is 2.21. The van der Waals surface area contributed by atoms with E-state index in [1.165, 1.54) is 0 Å². The Morgan fingerprint density at radius 1 is 0.560 bits per heavy atom. The molecule has 0 aliphatic carbocycles. The number of rotatable bonds is 1. The van der Waals surface area contributed by atoms with E-state index >= 15 is 0 Å². The molecule has 4 nitrogen and oxygen atoms in total. The van der Waals surface area contributed by atoms with Crippen molar-refractivity contribution in [3.8, 4) is 24.3 Å². The van der Waals surface area contributed by atoms with Crippen LogP contribution < -0.4 is 0 Å². The van der Waals surface area contributed by atoms with Gasteiger partial charge in [-0.15, -0.1) is 0 Å². The predicted octanol–water partition coefficient (Wildman–Crippen LogP) is 4.21. The Hall–Kier alpha value is -4.12. The van der Waals surface area contributed by atoms with Crippen LogP contribution in [0.1, 0.15) is 22.3 Å². The number of hydrogen-bond donors (Lipinski definition) is 0. The first-order valence-electron chi connectivity index (χ1n) is 7.42. The van der Waals surface area contributed by atoms with Crippen molar-refractivity contribution in [3.05, 3.63) is 82.9 Å². The van der Waals surface area contributed by atoms with Gasteiger partial charge in [0.25, 0.3) is 0 Å². The van der Waals surface area contributed by atoms with E-state index in [-0.39, 0.29) is 0 Å². The lowest BCUT2D eigenvalue weighted by Crippen LogP contribution is -1.86. The summed E-state index contributed by atoms with van der Waals surface area (Å²) in [5.41, 5.74) is 2.62. The third-order valence-corrected chi connectivity index (χ3v) is 3.57. The first-order chi connectivity index (χ1) is 12.2. The third kappa shape index (κ3) is 4.00. The Balaban J connectivity index is 0.000000186. The van der Waals surface area contributed by atoms with Crippen molar-refractivity contribution in [2.45, 2.75) is 6.42 Å². The lowest BCUT2D eigenvalue weighted by molar-refractivity contribution is 1.24. The third-order valence-electron chi connectivity index (χ3n) is 3.57. The molecule has 0 N–H and O–H groups in total. The number of fused-ring (bicyclic) bond motifs is 1. The van der Waals surface area contributed by atoms with E-state index in [0.717, 1.165) is 16.3 Å². The summed E-state index contributed by atoms with van der Waals surface area (Å²) in [6, 6.07) is 26.2. The van der Waals surface area contributed by atoms with Crippen molar-refractivity contribution in [2.75, 3.05) is 0 Å². The van der Waals surface area contributed by atoms with Gasteiger partial charge < -0.3 is 0 Å². The highest BCUT2D eigenvalue weighted by Gasteiger charge is 2.03. The normalized spacial score (nSPS) is 8.80. The molecule has 0 amide bonds. The minimum absolute atomic E-state index is 0.309. The molecule has 25 heavy (non-hydrogen) atoms. The molecule has 3 rings (SSSR count). The van der Waals surface area contributed by atoms with Crippen LogP contribution in [-0.2, 0) is 6.42 Å². The SMILES string of the molecule is N#CCc1ccccc1C#N.N#Cc1ccc(C#N)c2ccccc12. The maximum atomic E-state index is 8.87. The zero-order chi connectivity index (χ0) is 18.1. The average molecular weight is 320 g/mol. The van der Waals surface area contributed by atoms with Gasteiger partial charge in [-0.05, 0) is 23.8 Å². The van der Waals surface area contributed by atoms with E-state index in [0.29, 0.717) is 23.1 Å². The molecule has 116 valence electrons. The molecule has 0 aromatic heterocycles. The molecule has 0 unspecified atom stereocenters. The second-order valence-electron chi connectivity index (χ2n) is 5.03. The topological polar surface area (TPSA) is 95.2 Å². The first-order valence-corrected chi connectivity index (χ1v) is 7.42. The van der Waals surface area contributed by atoms with Gasteiger partial charge in [-0.3, -0.25) is 0 Å². The van der Waals surface area contributed by atoms with Gasteiger partial charge in [0, 0.05) is 10.8 Å². The van der Waals surface area contributed by atoms with Gasteiger partial charge >= 0.3 is 0 Å². The van der Waals surface area contributed by atoms with Crippen LogP contribution >= 0.6 is 0 Å². The van der Waals surface area contributed by atoms with E-state index in [1.54, 1.807) is 30.3 Å². The van der Waals surface area contributed by atoms with Crippen LogP contribution in [0, 0.1) is 45.3 Å². The Morgan fingerprint density at radius 2 is 1.04 bits per heavy atom. The fraction of sp³-hybridized carbons (Fsp3) is 0.0476. The summed E-state index contributed by atoms with van der Waals surface area (Å²) in [6.45, 7) is 0. The van der Waals surface area contributed by atoms with Gasteiger partial charge in [0.05, 0.1) is 47.4 Å². The molecule has 0 spiro atoms. The molecule has 0 saturated carbocycles. The van der Waals surface area contributed by atoms with Gasteiger partial charge in [0.15, 0.2) is 0 Å².